The lowest BCUT2D eigenvalue weighted by Gasteiger charge is -2.05. The first-order valence-corrected chi connectivity index (χ1v) is 7.81. The van der Waals surface area contributed by atoms with Crippen molar-refractivity contribution in [2.24, 2.45) is 12.8 Å². The fourth-order valence-corrected chi connectivity index (χ4v) is 2.51. The molecule has 0 aromatic carbocycles. The summed E-state index contributed by atoms with van der Waals surface area (Å²) >= 11 is 0. The third-order valence-electron chi connectivity index (χ3n) is 2.71. The Morgan fingerprint density at radius 3 is 2.62 bits per heavy atom. The quantitative estimate of drug-likeness (QED) is 0.540. The number of sulfonamides is 1. The zero-order valence-corrected chi connectivity index (χ0v) is 13.8. The van der Waals surface area contributed by atoms with Crippen molar-refractivity contribution in [3.8, 4) is 0 Å². The molecule has 1 amide bonds. The van der Waals surface area contributed by atoms with Crippen LogP contribution in [-0.2, 0) is 21.9 Å². The van der Waals surface area contributed by atoms with Gasteiger partial charge in [0.05, 0.1) is 0 Å². The minimum absolute atomic E-state index is 0. The molecular formula is C11H22ClN5O3S. The number of aryl methyl sites for hydroxylation is 2. The summed E-state index contributed by atoms with van der Waals surface area (Å²) in [6, 6.07) is 0. The van der Waals surface area contributed by atoms with Gasteiger partial charge in [0.2, 0.25) is 5.91 Å². The molecule has 0 bridgehead atoms. The van der Waals surface area contributed by atoms with Crippen molar-refractivity contribution in [2.45, 2.75) is 24.8 Å². The number of nitrogens with zero attached hydrogens (tertiary/aromatic N) is 2. The molecule has 0 spiro atoms. The van der Waals surface area contributed by atoms with E-state index in [0.717, 1.165) is 0 Å². The van der Waals surface area contributed by atoms with Gasteiger partial charge in [-0.2, -0.15) is 0 Å². The molecule has 1 aromatic heterocycles. The van der Waals surface area contributed by atoms with Gasteiger partial charge < -0.3 is 15.6 Å². The highest BCUT2D eigenvalue weighted by molar-refractivity contribution is 7.89. The van der Waals surface area contributed by atoms with E-state index in [1.54, 1.807) is 18.5 Å². The van der Waals surface area contributed by atoms with E-state index in [4.69, 9.17) is 5.73 Å². The largest absolute Gasteiger partial charge is 0.356 e. The summed E-state index contributed by atoms with van der Waals surface area (Å²) in [7, 11) is -1.95. The normalized spacial score (nSPS) is 11.0. The van der Waals surface area contributed by atoms with Crippen molar-refractivity contribution in [3.05, 3.63) is 12.0 Å². The monoisotopic (exact) mass is 339 g/mol. The van der Waals surface area contributed by atoms with E-state index in [2.05, 4.69) is 15.0 Å². The molecule has 10 heteroatoms. The summed E-state index contributed by atoms with van der Waals surface area (Å²) in [6.07, 6.45) is 2.21. The highest BCUT2D eigenvalue weighted by atomic mass is 35.5. The molecule has 4 N–H and O–H groups in total. The summed E-state index contributed by atoms with van der Waals surface area (Å²) in [5, 5.41) is 2.61. The van der Waals surface area contributed by atoms with Crippen molar-refractivity contribution in [1.29, 1.82) is 0 Å². The fraction of sp³-hybridized carbons (Fsp3) is 0.636. The van der Waals surface area contributed by atoms with Crippen LogP contribution in [0.2, 0.25) is 0 Å². The molecule has 0 radical (unpaired) electrons. The Morgan fingerprint density at radius 2 is 2.10 bits per heavy atom. The number of carbonyl (C=O) groups is 1. The number of amides is 1. The first kappa shape index (κ1) is 19.8. The second kappa shape index (κ2) is 8.98. The third kappa shape index (κ3) is 6.42. The standard InChI is InChI=1S/C11H21N5O3S.ClH/c1-9-15-11(8-16(9)2)20(18,19)14-7-4-10(17)13-6-3-5-12;/h8,14H,3-7,12H2,1-2H3,(H,13,17);1H. The van der Waals surface area contributed by atoms with Crippen molar-refractivity contribution in [3.63, 3.8) is 0 Å². The summed E-state index contributed by atoms with van der Waals surface area (Å²) in [4.78, 5) is 15.3. The first-order chi connectivity index (χ1) is 9.36. The van der Waals surface area contributed by atoms with Crippen LogP contribution in [0.1, 0.15) is 18.7 Å². The van der Waals surface area contributed by atoms with Gasteiger partial charge in [0.25, 0.3) is 10.0 Å². The van der Waals surface area contributed by atoms with Crippen LogP contribution in [0.15, 0.2) is 11.2 Å². The molecule has 0 unspecified atom stereocenters. The average Bonchev–Trinajstić information content (AvgIpc) is 2.70. The van der Waals surface area contributed by atoms with Crippen molar-refractivity contribution in [1.82, 2.24) is 19.6 Å². The van der Waals surface area contributed by atoms with Gasteiger partial charge in [-0.3, -0.25) is 4.79 Å². The highest BCUT2D eigenvalue weighted by Gasteiger charge is 2.18. The van der Waals surface area contributed by atoms with Crippen LogP contribution in [-0.4, -0.2) is 43.5 Å². The number of nitrogens with two attached hydrogens (primary N) is 1. The van der Waals surface area contributed by atoms with Crippen molar-refractivity contribution < 1.29 is 13.2 Å². The number of aromatic nitrogens is 2. The maximum atomic E-state index is 11.9. The van der Waals surface area contributed by atoms with Gasteiger partial charge in [0, 0.05) is 32.8 Å². The Morgan fingerprint density at radius 1 is 1.43 bits per heavy atom. The minimum atomic E-state index is -3.66. The van der Waals surface area contributed by atoms with Gasteiger partial charge in [-0.15, -0.1) is 12.4 Å². The van der Waals surface area contributed by atoms with Gasteiger partial charge >= 0.3 is 0 Å². The Bertz CT molecular complexity index is 539. The molecule has 8 nitrogen and oxygen atoms in total. The zero-order chi connectivity index (χ0) is 15.2. The van der Waals surface area contributed by atoms with Crippen molar-refractivity contribution in [2.75, 3.05) is 19.6 Å². The SMILES string of the molecule is Cc1nc(S(=O)(=O)NCCC(=O)NCCCN)cn1C.Cl. The van der Waals surface area contributed by atoms with Crippen LogP contribution >= 0.6 is 12.4 Å². The number of hydrogen-bond donors (Lipinski definition) is 3. The van der Waals surface area contributed by atoms with Crippen LogP contribution < -0.4 is 15.8 Å². The Balaban J connectivity index is 0.00000400. The number of carbonyl (C=O) groups excluding carboxylic acids is 1. The molecule has 0 atom stereocenters. The zero-order valence-electron chi connectivity index (χ0n) is 12.1. The van der Waals surface area contributed by atoms with Crippen LogP contribution in [0.3, 0.4) is 0 Å². The van der Waals surface area contributed by atoms with Gasteiger partial charge in [-0.25, -0.2) is 18.1 Å². The Labute approximate surface area is 131 Å². The van der Waals surface area contributed by atoms with E-state index in [1.807, 2.05) is 0 Å². The highest BCUT2D eigenvalue weighted by Crippen LogP contribution is 2.07. The summed E-state index contributed by atoms with van der Waals surface area (Å²) in [5.41, 5.74) is 5.30. The molecule has 0 aliphatic rings. The van der Waals surface area contributed by atoms with Gasteiger partial charge in [0.1, 0.15) is 5.82 Å². The van der Waals surface area contributed by atoms with Crippen LogP contribution in [0.25, 0.3) is 0 Å². The van der Waals surface area contributed by atoms with E-state index in [-0.39, 0.29) is 36.3 Å². The molecule has 0 aliphatic heterocycles. The predicted molar refractivity (Wildman–Crippen MR) is 81.7 cm³/mol. The average molecular weight is 340 g/mol. The molecule has 1 rings (SSSR count). The first-order valence-electron chi connectivity index (χ1n) is 6.33. The lowest BCUT2D eigenvalue weighted by Crippen LogP contribution is -2.31. The van der Waals surface area contributed by atoms with Gasteiger partial charge in [0.15, 0.2) is 5.03 Å². The predicted octanol–water partition coefficient (Wildman–Crippen LogP) is -0.716. The third-order valence-corrected chi connectivity index (χ3v) is 4.04. The van der Waals surface area contributed by atoms with E-state index in [1.165, 1.54) is 6.20 Å². The second-order valence-electron chi connectivity index (χ2n) is 4.38. The molecule has 1 heterocycles. The van der Waals surface area contributed by atoms with E-state index >= 15 is 0 Å². The van der Waals surface area contributed by atoms with Crippen LogP contribution in [0, 0.1) is 6.92 Å². The topological polar surface area (TPSA) is 119 Å². The van der Waals surface area contributed by atoms with Crippen LogP contribution in [0.4, 0.5) is 0 Å². The number of nitrogens with one attached hydrogen (secondary N) is 2. The number of rotatable bonds is 8. The smallest absolute Gasteiger partial charge is 0.259 e. The van der Waals surface area contributed by atoms with Gasteiger partial charge in [-0.1, -0.05) is 0 Å². The molecule has 0 fully saturated rings. The Hall–Kier alpha value is -1.16. The molecule has 0 saturated heterocycles. The Kier molecular flexibility index (Phi) is 8.48. The van der Waals surface area contributed by atoms with E-state index in [0.29, 0.717) is 25.3 Å². The molecule has 122 valence electrons. The summed E-state index contributed by atoms with van der Waals surface area (Å²) in [6.45, 7) is 2.75. The maximum Gasteiger partial charge on any atom is 0.259 e. The summed E-state index contributed by atoms with van der Waals surface area (Å²) < 4.78 is 27.8. The van der Waals surface area contributed by atoms with Crippen molar-refractivity contribution >= 4 is 28.3 Å². The number of halogens is 1. The van der Waals surface area contributed by atoms with Gasteiger partial charge in [-0.05, 0) is 19.9 Å². The molecule has 1 aromatic rings. The lowest BCUT2D eigenvalue weighted by atomic mass is 10.4. The molecule has 0 saturated carbocycles. The maximum absolute atomic E-state index is 11.9. The minimum Gasteiger partial charge on any atom is -0.356 e. The lowest BCUT2D eigenvalue weighted by molar-refractivity contribution is -0.120. The van der Waals surface area contributed by atoms with E-state index < -0.39 is 10.0 Å². The second-order valence-corrected chi connectivity index (χ2v) is 6.09. The number of imidazole rings is 1. The number of hydrogen-bond acceptors (Lipinski definition) is 5. The fourth-order valence-electron chi connectivity index (χ4n) is 1.45. The molecular weight excluding hydrogens is 318 g/mol. The molecule has 0 aliphatic carbocycles. The van der Waals surface area contributed by atoms with E-state index in [9.17, 15) is 13.2 Å². The molecule has 21 heavy (non-hydrogen) atoms. The summed E-state index contributed by atoms with van der Waals surface area (Å²) in [5.74, 6) is 0.392. The van der Waals surface area contributed by atoms with Crippen LogP contribution in [0.5, 0.6) is 0 Å².